The van der Waals surface area contributed by atoms with Crippen molar-refractivity contribution in [3.63, 3.8) is 0 Å². The van der Waals surface area contributed by atoms with Crippen molar-refractivity contribution in [1.82, 2.24) is 34.8 Å². The van der Waals surface area contributed by atoms with Crippen LogP contribution in [0.2, 0.25) is 0 Å². The largest absolute Gasteiger partial charge is 0.352 e. The number of anilines is 1. The molecule has 0 unspecified atom stereocenters. The number of aromatic nitrogens is 6. The molecule has 0 radical (unpaired) electrons. The van der Waals surface area contributed by atoms with Gasteiger partial charge in [-0.2, -0.15) is 5.10 Å². The Labute approximate surface area is 166 Å². The quantitative estimate of drug-likeness (QED) is 0.528. The molecule has 0 aliphatic carbocycles. The fourth-order valence-corrected chi connectivity index (χ4v) is 3.37. The van der Waals surface area contributed by atoms with Crippen molar-refractivity contribution < 1.29 is 4.79 Å². The molecule has 0 spiro atoms. The number of hydrogen-bond donors (Lipinski definition) is 0. The Bertz CT molecular complexity index is 1130. The van der Waals surface area contributed by atoms with E-state index in [1.807, 2.05) is 48.7 Å². The monoisotopic (exact) mass is 386 g/mol. The summed E-state index contributed by atoms with van der Waals surface area (Å²) in [6.07, 6.45) is 5.08. The summed E-state index contributed by atoms with van der Waals surface area (Å²) >= 11 is 0. The Hall–Kier alpha value is -3.88. The molecule has 4 heterocycles. The van der Waals surface area contributed by atoms with E-state index in [0.717, 1.165) is 16.9 Å². The van der Waals surface area contributed by atoms with Gasteiger partial charge in [-0.3, -0.25) is 9.78 Å². The molecular formula is C20H18N8O. The van der Waals surface area contributed by atoms with Gasteiger partial charge in [-0.1, -0.05) is 12.1 Å². The van der Waals surface area contributed by atoms with Crippen LogP contribution in [0.15, 0.2) is 61.1 Å². The molecule has 4 aromatic rings. The second kappa shape index (κ2) is 7.27. The fourth-order valence-electron chi connectivity index (χ4n) is 3.37. The number of hydrogen-bond acceptors (Lipinski definition) is 7. The summed E-state index contributed by atoms with van der Waals surface area (Å²) in [6.45, 7) is 2.55. The van der Waals surface area contributed by atoms with Crippen molar-refractivity contribution in [3.8, 4) is 5.82 Å². The Morgan fingerprint density at radius 1 is 0.862 bits per heavy atom. The molecule has 5 rings (SSSR count). The minimum absolute atomic E-state index is 0.0944. The van der Waals surface area contributed by atoms with Gasteiger partial charge in [0.15, 0.2) is 11.6 Å². The summed E-state index contributed by atoms with van der Waals surface area (Å²) in [5.74, 6) is 1.36. The Morgan fingerprint density at radius 3 is 2.34 bits per heavy atom. The van der Waals surface area contributed by atoms with E-state index in [9.17, 15) is 4.79 Å². The smallest absolute Gasteiger partial charge is 0.274 e. The van der Waals surface area contributed by atoms with Gasteiger partial charge >= 0.3 is 0 Å². The van der Waals surface area contributed by atoms with Crippen LogP contribution < -0.4 is 4.90 Å². The van der Waals surface area contributed by atoms with Crippen molar-refractivity contribution in [3.05, 3.63) is 66.7 Å². The van der Waals surface area contributed by atoms with E-state index in [4.69, 9.17) is 0 Å². The summed E-state index contributed by atoms with van der Waals surface area (Å²) in [5, 5.41) is 12.7. The van der Waals surface area contributed by atoms with Gasteiger partial charge in [0.1, 0.15) is 5.69 Å². The van der Waals surface area contributed by atoms with Crippen LogP contribution in [-0.2, 0) is 0 Å². The zero-order chi connectivity index (χ0) is 19.6. The predicted octanol–water partition coefficient (Wildman–Crippen LogP) is 1.57. The molecule has 9 nitrogen and oxygen atoms in total. The van der Waals surface area contributed by atoms with Gasteiger partial charge in [0.25, 0.3) is 5.91 Å². The van der Waals surface area contributed by atoms with Crippen molar-refractivity contribution in [1.29, 1.82) is 0 Å². The number of carbonyl (C=O) groups excluding carboxylic acids is 1. The van der Waals surface area contributed by atoms with E-state index < -0.39 is 0 Å². The SMILES string of the molecule is O=C(c1cnc2ccccc2n1)N1CCN(c2ccc(-n3cccn3)nn2)CC1. The number of rotatable bonds is 3. The van der Waals surface area contributed by atoms with E-state index in [-0.39, 0.29) is 5.91 Å². The first-order valence-electron chi connectivity index (χ1n) is 9.38. The summed E-state index contributed by atoms with van der Waals surface area (Å²) in [6, 6.07) is 13.2. The first-order valence-corrected chi connectivity index (χ1v) is 9.38. The lowest BCUT2D eigenvalue weighted by atomic mass is 10.2. The molecule has 1 aliphatic heterocycles. The minimum Gasteiger partial charge on any atom is -0.352 e. The highest BCUT2D eigenvalue weighted by atomic mass is 16.2. The summed E-state index contributed by atoms with van der Waals surface area (Å²) in [5.41, 5.74) is 1.89. The number of benzene rings is 1. The molecule has 144 valence electrons. The zero-order valence-electron chi connectivity index (χ0n) is 15.6. The van der Waals surface area contributed by atoms with Crippen molar-refractivity contribution in [2.24, 2.45) is 0 Å². The summed E-state index contributed by atoms with van der Waals surface area (Å²) < 4.78 is 1.66. The third kappa shape index (κ3) is 3.38. The molecule has 9 heteroatoms. The fraction of sp³-hybridized carbons (Fsp3) is 0.200. The van der Waals surface area contributed by atoms with Crippen LogP contribution in [0.5, 0.6) is 0 Å². The van der Waals surface area contributed by atoms with Gasteiger partial charge in [0.05, 0.1) is 17.2 Å². The average molecular weight is 386 g/mol. The molecule has 3 aromatic heterocycles. The number of fused-ring (bicyclic) bond motifs is 1. The third-order valence-corrected chi connectivity index (χ3v) is 4.93. The van der Waals surface area contributed by atoms with Gasteiger partial charge in [-0.25, -0.2) is 9.67 Å². The van der Waals surface area contributed by atoms with Crippen LogP contribution in [0.3, 0.4) is 0 Å². The summed E-state index contributed by atoms with van der Waals surface area (Å²) in [7, 11) is 0. The highest BCUT2D eigenvalue weighted by Gasteiger charge is 2.24. The molecule has 0 saturated carbocycles. The van der Waals surface area contributed by atoms with Gasteiger partial charge in [-0.05, 0) is 30.3 Å². The third-order valence-electron chi connectivity index (χ3n) is 4.93. The maximum atomic E-state index is 12.8. The number of carbonyl (C=O) groups is 1. The molecule has 0 bridgehead atoms. The zero-order valence-corrected chi connectivity index (χ0v) is 15.6. The van der Waals surface area contributed by atoms with Crippen molar-refractivity contribution in [2.75, 3.05) is 31.1 Å². The van der Waals surface area contributed by atoms with E-state index in [2.05, 4.69) is 30.2 Å². The molecule has 1 fully saturated rings. The molecule has 0 atom stereocenters. The molecule has 1 aliphatic rings. The van der Waals surface area contributed by atoms with E-state index in [0.29, 0.717) is 37.7 Å². The van der Waals surface area contributed by atoms with E-state index in [1.54, 1.807) is 22.0 Å². The normalized spacial score (nSPS) is 14.3. The Morgan fingerprint density at radius 2 is 1.62 bits per heavy atom. The minimum atomic E-state index is -0.0944. The van der Waals surface area contributed by atoms with Gasteiger partial charge < -0.3 is 9.80 Å². The molecule has 1 saturated heterocycles. The van der Waals surface area contributed by atoms with E-state index in [1.165, 1.54) is 0 Å². The Kier molecular flexibility index (Phi) is 4.32. The summed E-state index contributed by atoms with van der Waals surface area (Å²) in [4.78, 5) is 25.6. The number of nitrogens with zero attached hydrogens (tertiary/aromatic N) is 8. The lowest BCUT2D eigenvalue weighted by Gasteiger charge is -2.35. The molecular weight excluding hydrogens is 368 g/mol. The Balaban J connectivity index is 1.25. The lowest BCUT2D eigenvalue weighted by molar-refractivity contribution is 0.0740. The van der Waals surface area contributed by atoms with Crippen LogP contribution in [0.1, 0.15) is 10.5 Å². The average Bonchev–Trinajstić information content (AvgIpc) is 3.33. The highest BCUT2D eigenvalue weighted by molar-refractivity contribution is 5.94. The van der Waals surface area contributed by atoms with Gasteiger partial charge in [0, 0.05) is 38.6 Å². The van der Waals surface area contributed by atoms with Crippen LogP contribution in [-0.4, -0.2) is 66.9 Å². The van der Waals surface area contributed by atoms with Gasteiger partial charge in [-0.15, -0.1) is 10.2 Å². The first-order chi connectivity index (χ1) is 14.3. The lowest BCUT2D eigenvalue weighted by Crippen LogP contribution is -2.49. The highest BCUT2D eigenvalue weighted by Crippen LogP contribution is 2.16. The molecule has 1 amide bonds. The van der Waals surface area contributed by atoms with Crippen LogP contribution in [0, 0.1) is 0 Å². The predicted molar refractivity (Wildman–Crippen MR) is 107 cm³/mol. The second-order valence-electron chi connectivity index (χ2n) is 6.72. The van der Waals surface area contributed by atoms with Crippen molar-refractivity contribution in [2.45, 2.75) is 0 Å². The number of piperazine rings is 1. The van der Waals surface area contributed by atoms with Crippen LogP contribution in [0.4, 0.5) is 5.82 Å². The van der Waals surface area contributed by atoms with Crippen LogP contribution in [0.25, 0.3) is 16.9 Å². The molecule has 0 N–H and O–H groups in total. The maximum Gasteiger partial charge on any atom is 0.274 e. The van der Waals surface area contributed by atoms with E-state index >= 15 is 0 Å². The second-order valence-corrected chi connectivity index (χ2v) is 6.72. The topological polar surface area (TPSA) is 92.9 Å². The van der Waals surface area contributed by atoms with Crippen LogP contribution >= 0.6 is 0 Å². The maximum absolute atomic E-state index is 12.8. The number of para-hydroxylation sites is 2. The number of amides is 1. The standard InChI is InChI=1S/C20H18N8O/c29-20(17-14-21-15-4-1-2-5-16(15)23-17)27-12-10-26(11-13-27)18-6-7-19(25-24-18)28-9-3-8-22-28/h1-9,14H,10-13H2. The molecule has 29 heavy (non-hydrogen) atoms. The first kappa shape index (κ1) is 17.2. The molecule has 1 aromatic carbocycles. The van der Waals surface area contributed by atoms with Crippen molar-refractivity contribution >= 4 is 22.8 Å². The van der Waals surface area contributed by atoms with Gasteiger partial charge in [0.2, 0.25) is 0 Å².